The summed E-state index contributed by atoms with van der Waals surface area (Å²) in [5.74, 6) is 0.163. The van der Waals surface area contributed by atoms with Gasteiger partial charge in [-0.1, -0.05) is 28.1 Å². The van der Waals surface area contributed by atoms with Crippen molar-refractivity contribution < 1.29 is 8.42 Å². The van der Waals surface area contributed by atoms with E-state index < -0.39 is 10.0 Å². The third-order valence-electron chi connectivity index (χ3n) is 3.16. The smallest absolute Gasteiger partial charge is 0.215 e. The van der Waals surface area contributed by atoms with Gasteiger partial charge in [0, 0.05) is 30.7 Å². The van der Waals surface area contributed by atoms with Crippen molar-refractivity contribution in [1.82, 2.24) is 9.62 Å². The van der Waals surface area contributed by atoms with E-state index in [0.717, 1.165) is 10.0 Å². The maximum absolute atomic E-state index is 12.1. The van der Waals surface area contributed by atoms with Crippen LogP contribution in [0.5, 0.6) is 0 Å². The molecule has 0 aliphatic heterocycles. The molecule has 19 heavy (non-hydrogen) atoms. The zero-order valence-corrected chi connectivity index (χ0v) is 13.4. The van der Waals surface area contributed by atoms with Crippen molar-refractivity contribution in [2.24, 2.45) is 0 Å². The van der Waals surface area contributed by atoms with Crippen molar-refractivity contribution >= 4 is 26.0 Å². The zero-order valence-electron chi connectivity index (χ0n) is 11.0. The number of sulfonamides is 1. The highest BCUT2D eigenvalue weighted by molar-refractivity contribution is 9.10. The van der Waals surface area contributed by atoms with Crippen molar-refractivity contribution in [3.05, 3.63) is 34.3 Å². The van der Waals surface area contributed by atoms with Crippen molar-refractivity contribution in [1.29, 1.82) is 0 Å². The maximum Gasteiger partial charge on any atom is 0.215 e. The average molecular weight is 347 g/mol. The quantitative estimate of drug-likeness (QED) is 0.820. The number of benzene rings is 1. The van der Waals surface area contributed by atoms with E-state index in [2.05, 4.69) is 21.2 Å². The molecule has 0 radical (unpaired) electrons. The van der Waals surface area contributed by atoms with Crippen LogP contribution < -0.4 is 5.32 Å². The fraction of sp³-hybridized carbons (Fsp3) is 0.538. The number of nitrogens with zero attached hydrogens (tertiary/aromatic N) is 1. The van der Waals surface area contributed by atoms with Crippen LogP contribution in [0.25, 0.3) is 0 Å². The van der Waals surface area contributed by atoms with Gasteiger partial charge in [-0.15, -0.1) is 0 Å². The Bertz CT molecular complexity index is 512. The minimum absolute atomic E-state index is 0.163. The zero-order chi connectivity index (χ0) is 13.9. The number of rotatable bonds is 7. The van der Waals surface area contributed by atoms with Gasteiger partial charge in [0.25, 0.3) is 0 Å². The Kier molecular flexibility index (Phi) is 5.00. The summed E-state index contributed by atoms with van der Waals surface area (Å²) < 4.78 is 26.6. The summed E-state index contributed by atoms with van der Waals surface area (Å²) in [5.41, 5.74) is 0.990. The topological polar surface area (TPSA) is 49.4 Å². The Hall–Kier alpha value is -0.430. The van der Waals surface area contributed by atoms with Crippen molar-refractivity contribution in [2.45, 2.75) is 25.4 Å². The molecule has 4 nitrogen and oxygen atoms in total. The molecule has 1 fully saturated rings. The van der Waals surface area contributed by atoms with Gasteiger partial charge in [0.2, 0.25) is 10.0 Å². The van der Waals surface area contributed by atoms with Crippen molar-refractivity contribution in [3.8, 4) is 0 Å². The van der Waals surface area contributed by atoms with E-state index in [0.29, 0.717) is 19.1 Å². The highest BCUT2D eigenvalue weighted by atomic mass is 79.9. The van der Waals surface area contributed by atoms with E-state index in [4.69, 9.17) is 0 Å². The van der Waals surface area contributed by atoms with Crippen molar-refractivity contribution in [2.75, 3.05) is 19.3 Å². The lowest BCUT2D eigenvalue weighted by atomic mass is 10.2. The number of halogens is 1. The molecule has 1 aliphatic carbocycles. The molecule has 0 aromatic heterocycles. The van der Waals surface area contributed by atoms with E-state index in [-0.39, 0.29) is 5.75 Å². The maximum atomic E-state index is 12.1. The van der Waals surface area contributed by atoms with Gasteiger partial charge < -0.3 is 5.32 Å². The Labute approximate surface area is 123 Å². The first-order valence-electron chi connectivity index (χ1n) is 6.39. The van der Waals surface area contributed by atoms with Crippen LogP contribution in [0.3, 0.4) is 0 Å². The van der Waals surface area contributed by atoms with Crippen LogP contribution in [0, 0.1) is 0 Å². The first kappa shape index (κ1) is 15.0. The monoisotopic (exact) mass is 346 g/mol. The Morgan fingerprint density at radius 1 is 1.32 bits per heavy atom. The standard InChI is InChI=1S/C13H19BrN2O2S/c1-16(10-11-2-4-12(14)5-3-11)19(17,18)9-8-15-13-6-7-13/h2-5,13,15H,6-10H2,1H3. The molecule has 1 saturated carbocycles. The molecule has 0 unspecified atom stereocenters. The molecule has 106 valence electrons. The van der Waals surface area contributed by atoms with E-state index >= 15 is 0 Å². The molecule has 2 rings (SSSR count). The summed E-state index contributed by atoms with van der Waals surface area (Å²) in [4.78, 5) is 0. The number of hydrogen-bond acceptors (Lipinski definition) is 3. The molecule has 1 aromatic rings. The van der Waals surface area contributed by atoms with Gasteiger partial charge in [-0.25, -0.2) is 12.7 Å². The molecule has 0 atom stereocenters. The molecule has 1 aliphatic rings. The highest BCUT2D eigenvalue weighted by Crippen LogP contribution is 2.18. The van der Waals surface area contributed by atoms with Crippen LogP contribution in [0.1, 0.15) is 18.4 Å². The van der Waals surface area contributed by atoms with Crippen LogP contribution in [0.2, 0.25) is 0 Å². The van der Waals surface area contributed by atoms with Crippen LogP contribution in [-0.4, -0.2) is 38.1 Å². The number of hydrogen-bond donors (Lipinski definition) is 1. The third-order valence-corrected chi connectivity index (χ3v) is 5.49. The Morgan fingerprint density at radius 3 is 2.53 bits per heavy atom. The minimum Gasteiger partial charge on any atom is -0.313 e. The second-order valence-corrected chi connectivity index (χ2v) is 8.04. The molecule has 1 aromatic carbocycles. The molecular weight excluding hydrogens is 328 g/mol. The second-order valence-electron chi connectivity index (χ2n) is 4.93. The summed E-state index contributed by atoms with van der Waals surface area (Å²) in [6.07, 6.45) is 2.35. The molecule has 0 bridgehead atoms. The fourth-order valence-electron chi connectivity index (χ4n) is 1.78. The predicted molar refractivity (Wildman–Crippen MR) is 80.4 cm³/mol. The normalized spacial score (nSPS) is 15.9. The van der Waals surface area contributed by atoms with Crippen molar-refractivity contribution in [3.63, 3.8) is 0 Å². The molecular formula is C13H19BrN2O2S. The summed E-state index contributed by atoms with van der Waals surface area (Å²) in [7, 11) is -1.54. The largest absolute Gasteiger partial charge is 0.313 e. The van der Waals surface area contributed by atoms with Gasteiger partial charge in [0.05, 0.1) is 5.75 Å². The molecule has 0 spiro atoms. The van der Waals surface area contributed by atoms with Gasteiger partial charge in [0.1, 0.15) is 0 Å². The first-order chi connectivity index (χ1) is 8.97. The molecule has 0 amide bonds. The van der Waals surface area contributed by atoms with Crippen LogP contribution in [0.4, 0.5) is 0 Å². The summed E-state index contributed by atoms with van der Waals surface area (Å²) in [5, 5.41) is 3.23. The molecule has 6 heteroatoms. The predicted octanol–water partition coefficient (Wildman–Crippen LogP) is 1.96. The van der Waals surface area contributed by atoms with E-state index in [9.17, 15) is 8.42 Å². The SMILES string of the molecule is CN(Cc1ccc(Br)cc1)S(=O)(=O)CCNC1CC1. The average Bonchev–Trinajstić information content (AvgIpc) is 3.16. The molecule has 1 N–H and O–H groups in total. The van der Waals surface area contributed by atoms with Crippen LogP contribution in [0.15, 0.2) is 28.7 Å². The third kappa shape index (κ3) is 4.87. The minimum atomic E-state index is -3.18. The second kappa shape index (κ2) is 6.35. The van der Waals surface area contributed by atoms with E-state index in [1.165, 1.54) is 17.1 Å². The van der Waals surface area contributed by atoms with Gasteiger partial charge in [-0.05, 0) is 30.5 Å². The highest BCUT2D eigenvalue weighted by Gasteiger charge is 2.22. The van der Waals surface area contributed by atoms with Crippen LogP contribution in [-0.2, 0) is 16.6 Å². The number of nitrogens with one attached hydrogen (secondary N) is 1. The van der Waals surface area contributed by atoms with Gasteiger partial charge in [0.15, 0.2) is 0 Å². The summed E-state index contributed by atoms with van der Waals surface area (Å²) >= 11 is 3.36. The van der Waals surface area contributed by atoms with E-state index in [1.807, 2.05) is 24.3 Å². The van der Waals surface area contributed by atoms with Gasteiger partial charge >= 0.3 is 0 Å². The van der Waals surface area contributed by atoms with Crippen LogP contribution >= 0.6 is 15.9 Å². The fourth-order valence-corrected chi connectivity index (χ4v) is 3.08. The van der Waals surface area contributed by atoms with Gasteiger partial charge in [-0.3, -0.25) is 0 Å². The Morgan fingerprint density at radius 2 is 1.95 bits per heavy atom. The van der Waals surface area contributed by atoms with E-state index in [1.54, 1.807) is 7.05 Å². The molecule has 0 saturated heterocycles. The Balaban J connectivity index is 1.85. The lowest BCUT2D eigenvalue weighted by Gasteiger charge is -2.17. The lowest BCUT2D eigenvalue weighted by molar-refractivity contribution is 0.465. The summed E-state index contributed by atoms with van der Waals surface area (Å²) in [6, 6.07) is 8.25. The lowest BCUT2D eigenvalue weighted by Crippen LogP contribution is -2.33. The first-order valence-corrected chi connectivity index (χ1v) is 8.79. The van der Waals surface area contributed by atoms with Gasteiger partial charge in [-0.2, -0.15) is 0 Å². The summed E-state index contributed by atoms with van der Waals surface area (Å²) in [6.45, 7) is 0.955. The molecule has 0 heterocycles.